The van der Waals surface area contributed by atoms with Gasteiger partial charge in [0.2, 0.25) is 0 Å². The maximum absolute atomic E-state index is 6.22. The van der Waals surface area contributed by atoms with Gasteiger partial charge in [-0.1, -0.05) is 11.6 Å². The molecule has 1 heterocycles. The van der Waals surface area contributed by atoms with Gasteiger partial charge in [-0.2, -0.15) is 5.10 Å². The van der Waals surface area contributed by atoms with E-state index in [1.165, 1.54) is 0 Å². The van der Waals surface area contributed by atoms with Crippen LogP contribution in [0.2, 0.25) is 5.02 Å². The molecule has 0 radical (unpaired) electrons. The predicted molar refractivity (Wildman–Crippen MR) is 87.5 cm³/mol. The number of aromatic nitrogens is 2. The molecule has 21 heavy (non-hydrogen) atoms. The first-order chi connectivity index (χ1) is 9.97. The third-order valence-corrected chi connectivity index (χ3v) is 4.45. The minimum Gasteiger partial charge on any atom is -0.493 e. The van der Waals surface area contributed by atoms with E-state index in [1.807, 2.05) is 26.1 Å². The Morgan fingerprint density at radius 2 is 2.10 bits per heavy atom. The third kappa shape index (κ3) is 3.47. The molecule has 0 aliphatic heterocycles. The second-order valence-electron chi connectivity index (χ2n) is 4.50. The van der Waals surface area contributed by atoms with Crippen LogP contribution in [0.5, 0.6) is 11.5 Å². The minimum absolute atomic E-state index is 0.297. The molecule has 0 saturated carbocycles. The number of hydrogen-bond donors (Lipinski definition) is 0. The van der Waals surface area contributed by atoms with Crippen LogP contribution in [0.4, 0.5) is 0 Å². The van der Waals surface area contributed by atoms with Gasteiger partial charge in [-0.15, -0.1) is 11.6 Å². The molecule has 2 aromatic rings. The van der Waals surface area contributed by atoms with Gasteiger partial charge in [0.15, 0.2) is 11.5 Å². The van der Waals surface area contributed by atoms with Crippen molar-refractivity contribution >= 4 is 39.1 Å². The van der Waals surface area contributed by atoms with E-state index in [0.29, 0.717) is 29.0 Å². The highest BCUT2D eigenvalue weighted by atomic mass is 79.9. The number of aryl methyl sites for hydroxylation is 2. The Hall–Kier alpha value is -0.910. The molecule has 0 spiro atoms. The average Bonchev–Trinajstić information content (AvgIpc) is 2.70. The number of ether oxygens (including phenoxy) is 2. The molecular formula is C14H15BrCl2N2O2. The van der Waals surface area contributed by atoms with Crippen molar-refractivity contribution < 1.29 is 9.47 Å². The summed E-state index contributed by atoms with van der Waals surface area (Å²) in [5.74, 6) is 1.64. The summed E-state index contributed by atoms with van der Waals surface area (Å²) in [5, 5.41) is 4.88. The van der Waals surface area contributed by atoms with Crippen molar-refractivity contribution in [1.29, 1.82) is 0 Å². The van der Waals surface area contributed by atoms with E-state index in [-0.39, 0.29) is 0 Å². The Morgan fingerprint density at radius 1 is 1.38 bits per heavy atom. The Labute approximate surface area is 142 Å². The van der Waals surface area contributed by atoms with Crippen molar-refractivity contribution in [3.8, 4) is 11.5 Å². The van der Waals surface area contributed by atoms with Crippen LogP contribution in [-0.2, 0) is 19.5 Å². The van der Waals surface area contributed by atoms with Crippen LogP contribution < -0.4 is 9.47 Å². The van der Waals surface area contributed by atoms with Crippen molar-refractivity contribution in [2.24, 2.45) is 7.05 Å². The van der Waals surface area contributed by atoms with Gasteiger partial charge < -0.3 is 9.47 Å². The summed E-state index contributed by atoms with van der Waals surface area (Å²) in [7, 11) is 3.42. The lowest BCUT2D eigenvalue weighted by Crippen LogP contribution is -2.05. The zero-order valence-electron chi connectivity index (χ0n) is 11.9. The Morgan fingerprint density at radius 3 is 2.62 bits per heavy atom. The van der Waals surface area contributed by atoms with Crippen molar-refractivity contribution in [2.75, 3.05) is 7.11 Å². The molecule has 0 fully saturated rings. The fourth-order valence-electron chi connectivity index (χ4n) is 1.97. The minimum atomic E-state index is 0.297. The molecule has 4 nitrogen and oxygen atoms in total. The van der Waals surface area contributed by atoms with E-state index in [9.17, 15) is 0 Å². The number of halogens is 3. The Bertz CT molecular complexity index is 659. The molecule has 0 aliphatic rings. The highest BCUT2D eigenvalue weighted by molar-refractivity contribution is 9.10. The summed E-state index contributed by atoms with van der Waals surface area (Å²) >= 11 is 15.5. The number of nitrogens with zero attached hydrogens (tertiary/aromatic N) is 2. The molecular weight excluding hydrogens is 379 g/mol. The molecule has 0 bridgehead atoms. The highest BCUT2D eigenvalue weighted by Crippen LogP contribution is 2.38. The molecule has 0 saturated heterocycles. The normalized spacial score (nSPS) is 10.8. The number of methoxy groups -OCH3 is 1. The molecule has 0 atom stereocenters. The van der Waals surface area contributed by atoms with E-state index in [4.69, 9.17) is 32.7 Å². The lowest BCUT2D eigenvalue weighted by Gasteiger charge is -2.14. The first-order valence-corrected chi connectivity index (χ1v) is 7.91. The summed E-state index contributed by atoms with van der Waals surface area (Å²) in [4.78, 5) is 0. The van der Waals surface area contributed by atoms with Crippen molar-refractivity contribution in [1.82, 2.24) is 9.78 Å². The van der Waals surface area contributed by atoms with Crippen molar-refractivity contribution in [3.05, 3.63) is 38.6 Å². The molecule has 2 rings (SSSR count). The zero-order chi connectivity index (χ0) is 15.6. The largest absolute Gasteiger partial charge is 0.493 e. The van der Waals surface area contributed by atoms with Crippen LogP contribution in [-0.4, -0.2) is 16.9 Å². The number of benzene rings is 1. The summed E-state index contributed by atoms with van der Waals surface area (Å²) < 4.78 is 13.7. The lowest BCUT2D eigenvalue weighted by atomic mass is 10.2. The Balaban J connectivity index is 2.27. The number of alkyl halides is 1. The fourth-order valence-corrected chi connectivity index (χ4v) is 2.94. The maximum atomic E-state index is 6.22. The van der Waals surface area contributed by atoms with Crippen LogP contribution in [0.15, 0.2) is 16.6 Å². The van der Waals surface area contributed by atoms with Gasteiger partial charge in [0.1, 0.15) is 6.61 Å². The quantitative estimate of drug-likeness (QED) is 0.703. The van der Waals surface area contributed by atoms with E-state index < -0.39 is 0 Å². The molecule has 1 aromatic carbocycles. The van der Waals surface area contributed by atoms with Gasteiger partial charge in [-0.05, 0) is 40.5 Å². The van der Waals surface area contributed by atoms with E-state index >= 15 is 0 Å². The summed E-state index contributed by atoms with van der Waals surface area (Å²) in [6.45, 7) is 2.16. The first kappa shape index (κ1) is 16.5. The maximum Gasteiger partial charge on any atom is 0.175 e. The zero-order valence-corrected chi connectivity index (χ0v) is 15.0. The SMILES string of the molecule is COc1cc(CCl)cc(Br)c1OCc1c(Cl)c(C)nn1C. The molecule has 114 valence electrons. The summed E-state index contributed by atoms with van der Waals surface area (Å²) in [6.07, 6.45) is 0. The monoisotopic (exact) mass is 392 g/mol. The average molecular weight is 394 g/mol. The molecule has 0 unspecified atom stereocenters. The van der Waals surface area contributed by atoms with E-state index in [1.54, 1.807) is 11.8 Å². The topological polar surface area (TPSA) is 36.3 Å². The summed E-state index contributed by atoms with van der Waals surface area (Å²) in [5.41, 5.74) is 2.54. The van der Waals surface area contributed by atoms with Crippen LogP contribution in [0.25, 0.3) is 0 Å². The predicted octanol–water partition coefficient (Wildman–Crippen LogP) is 4.47. The van der Waals surface area contributed by atoms with E-state index in [2.05, 4.69) is 21.0 Å². The molecule has 7 heteroatoms. The molecule has 0 aliphatic carbocycles. The van der Waals surface area contributed by atoms with Crippen LogP contribution >= 0.6 is 39.1 Å². The van der Waals surface area contributed by atoms with Crippen LogP contribution in [0, 0.1) is 6.92 Å². The fraction of sp³-hybridized carbons (Fsp3) is 0.357. The van der Waals surface area contributed by atoms with Crippen molar-refractivity contribution in [2.45, 2.75) is 19.4 Å². The van der Waals surface area contributed by atoms with Gasteiger partial charge in [0.25, 0.3) is 0 Å². The molecule has 0 amide bonds. The second kappa shape index (κ2) is 6.90. The third-order valence-electron chi connectivity index (χ3n) is 3.06. The molecule has 0 N–H and O–H groups in total. The Kier molecular flexibility index (Phi) is 5.41. The summed E-state index contributed by atoms with van der Waals surface area (Å²) in [6, 6.07) is 3.75. The van der Waals surface area contributed by atoms with Gasteiger partial charge in [0.05, 0.1) is 28.0 Å². The first-order valence-electron chi connectivity index (χ1n) is 6.21. The highest BCUT2D eigenvalue weighted by Gasteiger charge is 2.15. The smallest absolute Gasteiger partial charge is 0.175 e. The second-order valence-corrected chi connectivity index (χ2v) is 6.00. The van der Waals surface area contributed by atoms with Gasteiger partial charge in [-0.3, -0.25) is 4.68 Å². The lowest BCUT2D eigenvalue weighted by molar-refractivity contribution is 0.274. The van der Waals surface area contributed by atoms with Gasteiger partial charge in [0, 0.05) is 12.9 Å². The van der Waals surface area contributed by atoms with Gasteiger partial charge >= 0.3 is 0 Å². The standard InChI is InChI=1S/C14H15BrCl2N2O2/c1-8-13(17)11(19(2)18-8)7-21-14-10(15)4-9(6-16)5-12(14)20-3/h4-5H,6-7H2,1-3H3. The van der Waals surface area contributed by atoms with Crippen molar-refractivity contribution in [3.63, 3.8) is 0 Å². The number of hydrogen-bond acceptors (Lipinski definition) is 3. The van der Waals surface area contributed by atoms with E-state index in [0.717, 1.165) is 21.4 Å². The van der Waals surface area contributed by atoms with Crippen LogP contribution in [0.3, 0.4) is 0 Å². The number of rotatable bonds is 5. The molecule has 1 aromatic heterocycles. The van der Waals surface area contributed by atoms with Crippen LogP contribution in [0.1, 0.15) is 17.0 Å². The van der Waals surface area contributed by atoms with Gasteiger partial charge in [-0.25, -0.2) is 0 Å².